The molecule has 2 aliphatic heterocycles. The smallest absolute Gasteiger partial charge is 0.252 e. The Labute approximate surface area is 170 Å². The standard InChI is InChI=1S/C23H37N3O2/c1-23(2,3)21(27)22(28)26-16-14-25(15-17-26)20(19-10-6-4-7-11-19)18-24-12-8-5-9-13-24/h4,6-7,10-11,20-21,27H,5,8-9,12-18H2,1-3H3. The molecule has 156 valence electrons. The predicted octanol–water partition coefficient (Wildman–Crippen LogP) is 2.76. The van der Waals surface area contributed by atoms with Crippen molar-refractivity contribution < 1.29 is 9.90 Å². The molecular weight excluding hydrogens is 350 g/mol. The van der Waals surface area contributed by atoms with E-state index in [1.54, 1.807) is 0 Å². The first-order valence-electron chi connectivity index (χ1n) is 10.8. The quantitative estimate of drug-likeness (QED) is 0.844. The van der Waals surface area contributed by atoms with Crippen molar-refractivity contribution in [2.24, 2.45) is 5.41 Å². The molecule has 0 radical (unpaired) electrons. The minimum absolute atomic E-state index is 0.126. The van der Waals surface area contributed by atoms with Gasteiger partial charge in [-0.15, -0.1) is 0 Å². The van der Waals surface area contributed by atoms with Crippen LogP contribution in [0.4, 0.5) is 0 Å². The minimum atomic E-state index is -0.933. The van der Waals surface area contributed by atoms with Crippen LogP contribution in [0.3, 0.4) is 0 Å². The Morgan fingerprint density at radius 3 is 2.14 bits per heavy atom. The number of aliphatic hydroxyl groups excluding tert-OH is 1. The molecule has 3 rings (SSSR count). The van der Waals surface area contributed by atoms with Gasteiger partial charge in [-0.1, -0.05) is 57.5 Å². The Bertz CT molecular complexity index is 614. The summed E-state index contributed by atoms with van der Waals surface area (Å²) >= 11 is 0. The predicted molar refractivity (Wildman–Crippen MR) is 113 cm³/mol. The van der Waals surface area contributed by atoms with E-state index in [1.807, 2.05) is 25.7 Å². The van der Waals surface area contributed by atoms with Gasteiger partial charge in [-0.05, 0) is 36.9 Å². The van der Waals surface area contributed by atoms with E-state index in [2.05, 4.69) is 40.1 Å². The monoisotopic (exact) mass is 387 g/mol. The molecule has 2 atom stereocenters. The summed E-state index contributed by atoms with van der Waals surface area (Å²) in [6.45, 7) is 12.3. The van der Waals surface area contributed by atoms with Gasteiger partial charge in [0.15, 0.2) is 0 Å². The maximum atomic E-state index is 12.7. The Morgan fingerprint density at radius 2 is 1.57 bits per heavy atom. The van der Waals surface area contributed by atoms with Crippen LogP contribution >= 0.6 is 0 Å². The molecule has 5 heteroatoms. The maximum Gasteiger partial charge on any atom is 0.252 e. The van der Waals surface area contributed by atoms with Gasteiger partial charge in [-0.25, -0.2) is 0 Å². The fourth-order valence-electron chi connectivity index (χ4n) is 4.29. The number of piperidine rings is 1. The van der Waals surface area contributed by atoms with Crippen molar-refractivity contribution >= 4 is 5.91 Å². The van der Waals surface area contributed by atoms with E-state index in [0.717, 1.165) is 19.6 Å². The molecule has 1 aromatic rings. The third-order valence-electron chi connectivity index (χ3n) is 6.19. The van der Waals surface area contributed by atoms with E-state index in [0.29, 0.717) is 19.1 Å². The van der Waals surface area contributed by atoms with E-state index in [9.17, 15) is 9.90 Å². The Hall–Kier alpha value is -1.43. The van der Waals surface area contributed by atoms with Crippen LogP contribution < -0.4 is 0 Å². The van der Waals surface area contributed by atoms with Crippen molar-refractivity contribution in [3.8, 4) is 0 Å². The number of carbonyl (C=O) groups excluding carboxylic acids is 1. The SMILES string of the molecule is CC(C)(C)C(O)C(=O)N1CCN(C(CN2CCCCC2)c2ccccc2)CC1. The molecule has 2 heterocycles. The average Bonchev–Trinajstić information content (AvgIpc) is 2.72. The molecule has 2 aliphatic rings. The number of likely N-dealkylation sites (tertiary alicyclic amines) is 1. The van der Waals surface area contributed by atoms with Crippen LogP contribution in [-0.4, -0.2) is 77.6 Å². The lowest BCUT2D eigenvalue weighted by Gasteiger charge is -2.43. The zero-order valence-electron chi connectivity index (χ0n) is 17.8. The van der Waals surface area contributed by atoms with Crippen molar-refractivity contribution in [3.63, 3.8) is 0 Å². The summed E-state index contributed by atoms with van der Waals surface area (Å²) in [6.07, 6.45) is 3.02. The molecule has 0 aromatic heterocycles. The lowest BCUT2D eigenvalue weighted by Crippen LogP contribution is -2.55. The zero-order chi connectivity index (χ0) is 20.1. The number of hydrogen-bond donors (Lipinski definition) is 1. The first-order chi connectivity index (χ1) is 13.4. The van der Waals surface area contributed by atoms with E-state index in [4.69, 9.17) is 0 Å². The molecule has 28 heavy (non-hydrogen) atoms. The number of carbonyl (C=O) groups is 1. The highest BCUT2D eigenvalue weighted by Gasteiger charge is 2.35. The first kappa shape index (κ1) is 21.3. The van der Waals surface area contributed by atoms with Crippen LogP contribution in [0.2, 0.25) is 0 Å². The summed E-state index contributed by atoms with van der Waals surface area (Å²) in [6, 6.07) is 11.1. The molecule has 5 nitrogen and oxygen atoms in total. The van der Waals surface area contributed by atoms with Gasteiger partial charge in [0.05, 0.1) is 0 Å². The topological polar surface area (TPSA) is 47.0 Å². The van der Waals surface area contributed by atoms with E-state index in [1.165, 1.54) is 37.9 Å². The molecule has 2 fully saturated rings. The van der Waals surface area contributed by atoms with Crippen molar-refractivity contribution in [1.82, 2.24) is 14.7 Å². The Kier molecular flexibility index (Phi) is 7.13. The molecular formula is C23H37N3O2. The van der Waals surface area contributed by atoms with Crippen molar-refractivity contribution in [2.75, 3.05) is 45.8 Å². The number of amides is 1. The summed E-state index contributed by atoms with van der Waals surface area (Å²) in [4.78, 5) is 19.6. The second kappa shape index (κ2) is 9.38. The van der Waals surface area contributed by atoms with Crippen molar-refractivity contribution in [2.45, 2.75) is 52.2 Å². The van der Waals surface area contributed by atoms with Crippen LogP contribution in [0.25, 0.3) is 0 Å². The average molecular weight is 388 g/mol. The molecule has 0 bridgehead atoms. The second-order valence-electron chi connectivity index (χ2n) is 9.42. The third-order valence-corrected chi connectivity index (χ3v) is 6.19. The van der Waals surface area contributed by atoms with Gasteiger partial charge in [-0.2, -0.15) is 0 Å². The van der Waals surface area contributed by atoms with Crippen LogP contribution in [0, 0.1) is 5.41 Å². The fourth-order valence-corrected chi connectivity index (χ4v) is 4.29. The van der Waals surface area contributed by atoms with E-state index in [-0.39, 0.29) is 5.91 Å². The van der Waals surface area contributed by atoms with Crippen molar-refractivity contribution in [1.29, 1.82) is 0 Å². The first-order valence-corrected chi connectivity index (χ1v) is 10.8. The van der Waals surface area contributed by atoms with Gasteiger partial charge in [0.2, 0.25) is 0 Å². The van der Waals surface area contributed by atoms with Crippen LogP contribution in [0.5, 0.6) is 0 Å². The van der Waals surface area contributed by atoms with Crippen LogP contribution in [0.1, 0.15) is 51.6 Å². The van der Waals surface area contributed by atoms with E-state index < -0.39 is 11.5 Å². The van der Waals surface area contributed by atoms with E-state index >= 15 is 0 Å². The second-order valence-corrected chi connectivity index (χ2v) is 9.42. The lowest BCUT2D eigenvalue weighted by atomic mass is 9.88. The van der Waals surface area contributed by atoms with Gasteiger partial charge in [0.1, 0.15) is 6.10 Å². The molecule has 2 saturated heterocycles. The number of nitrogens with zero attached hydrogens (tertiary/aromatic N) is 3. The van der Waals surface area contributed by atoms with Crippen LogP contribution in [-0.2, 0) is 4.79 Å². The highest BCUT2D eigenvalue weighted by atomic mass is 16.3. The number of hydrogen-bond acceptors (Lipinski definition) is 4. The minimum Gasteiger partial charge on any atom is -0.383 e. The molecule has 1 N–H and O–H groups in total. The highest BCUT2D eigenvalue weighted by Crippen LogP contribution is 2.26. The number of benzene rings is 1. The van der Waals surface area contributed by atoms with Gasteiger partial charge >= 0.3 is 0 Å². The number of rotatable bonds is 5. The largest absolute Gasteiger partial charge is 0.383 e. The number of aliphatic hydroxyl groups is 1. The van der Waals surface area contributed by atoms with Gasteiger partial charge in [-0.3, -0.25) is 9.69 Å². The molecule has 1 aromatic carbocycles. The summed E-state index contributed by atoms with van der Waals surface area (Å²) in [5.41, 5.74) is 0.942. The maximum absolute atomic E-state index is 12.7. The third kappa shape index (κ3) is 5.34. The molecule has 2 unspecified atom stereocenters. The van der Waals surface area contributed by atoms with Gasteiger partial charge in [0, 0.05) is 38.8 Å². The van der Waals surface area contributed by atoms with Gasteiger partial charge < -0.3 is 14.9 Å². The number of piperazine rings is 1. The summed E-state index contributed by atoms with van der Waals surface area (Å²) in [5.74, 6) is -0.126. The van der Waals surface area contributed by atoms with Crippen molar-refractivity contribution in [3.05, 3.63) is 35.9 Å². The summed E-state index contributed by atoms with van der Waals surface area (Å²) in [7, 11) is 0. The lowest BCUT2D eigenvalue weighted by molar-refractivity contribution is -0.148. The highest BCUT2D eigenvalue weighted by molar-refractivity contribution is 5.81. The fraction of sp³-hybridized carbons (Fsp3) is 0.696. The summed E-state index contributed by atoms with van der Waals surface area (Å²) < 4.78 is 0. The molecule has 0 saturated carbocycles. The Morgan fingerprint density at radius 1 is 0.964 bits per heavy atom. The van der Waals surface area contributed by atoms with Gasteiger partial charge in [0.25, 0.3) is 5.91 Å². The zero-order valence-corrected chi connectivity index (χ0v) is 17.8. The summed E-state index contributed by atoms with van der Waals surface area (Å²) in [5, 5.41) is 10.4. The van der Waals surface area contributed by atoms with Crippen LogP contribution in [0.15, 0.2) is 30.3 Å². The molecule has 0 aliphatic carbocycles. The Balaban J connectivity index is 1.65. The molecule has 0 spiro atoms. The normalized spacial score (nSPS) is 22.1. The molecule has 1 amide bonds.